The average Bonchev–Trinajstić information content (AvgIpc) is 3.00. The van der Waals surface area contributed by atoms with Gasteiger partial charge in [0.25, 0.3) is 0 Å². The topological polar surface area (TPSA) is 88.6 Å². The zero-order valence-corrected chi connectivity index (χ0v) is 11.7. The van der Waals surface area contributed by atoms with Gasteiger partial charge in [0.05, 0.1) is 12.9 Å². The van der Waals surface area contributed by atoms with Crippen molar-refractivity contribution in [1.29, 1.82) is 0 Å². The number of pyridine rings is 1. The van der Waals surface area contributed by atoms with Crippen molar-refractivity contribution in [1.82, 2.24) is 24.9 Å². The first-order chi connectivity index (χ1) is 10.4. The Bertz CT molecular complexity index is 712. The second kappa shape index (κ2) is 6.17. The van der Waals surface area contributed by atoms with Crippen LogP contribution in [0.4, 0.5) is 5.95 Å². The van der Waals surface area contributed by atoms with Gasteiger partial charge in [-0.2, -0.15) is 9.97 Å². The zero-order chi connectivity index (χ0) is 14.5. The predicted molar refractivity (Wildman–Crippen MR) is 79.3 cm³/mol. The van der Waals surface area contributed by atoms with Crippen LogP contribution in [0.15, 0.2) is 30.9 Å². The molecular weight excluding hydrogens is 268 g/mol. The van der Waals surface area contributed by atoms with Crippen molar-refractivity contribution in [2.75, 3.05) is 19.0 Å². The van der Waals surface area contributed by atoms with Crippen molar-refractivity contribution in [3.05, 3.63) is 36.4 Å². The Morgan fingerprint density at radius 1 is 1.24 bits per heavy atom. The Morgan fingerprint density at radius 2 is 2.10 bits per heavy atom. The molecule has 3 aromatic rings. The molecule has 0 bridgehead atoms. The molecule has 0 saturated carbocycles. The van der Waals surface area contributed by atoms with Gasteiger partial charge in [-0.3, -0.25) is 4.98 Å². The number of hydrogen-bond acceptors (Lipinski definition) is 6. The number of nitrogens with one attached hydrogen (secondary N) is 2. The molecular formula is C14H16N6O. The number of hydrogen-bond donors (Lipinski definition) is 2. The molecule has 7 heteroatoms. The van der Waals surface area contributed by atoms with Crippen molar-refractivity contribution in [2.24, 2.45) is 0 Å². The number of ether oxygens (including phenoxy) is 1. The Hall–Kier alpha value is -2.70. The van der Waals surface area contributed by atoms with Gasteiger partial charge in [-0.25, -0.2) is 4.98 Å². The third kappa shape index (κ3) is 3.07. The van der Waals surface area contributed by atoms with Crippen LogP contribution in [0, 0.1) is 0 Å². The number of imidazole rings is 1. The number of anilines is 1. The van der Waals surface area contributed by atoms with Crippen molar-refractivity contribution >= 4 is 17.1 Å². The molecule has 3 aromatic heterocycles. The Kier molecular flexibility index (Phi) is 3.90. The lowest BCUT2D eigenvalue weighted by molar-refractivity contribution is 0.302. The van der Waals surface area contributed by atoms with Gasteiger partial charge in [-0.05, 0) is 30.5 Å². The SMILES string of the molecule is CNc1nc(OCCCc2ccncc2)c2[nH]cnc2n1. The quantitative estimate of drug-likeness (QED) is 0.671. The van der Waals surface area contributed by atoms with E-state index in [2.05, 4.69) is 30.2 Å². The zero-order valence-electron chi connectivity index (χ0n) is 11.7. The van der Waals surface area contributed by atoms with Gasteiger partial charge < -0.3 is 15.0 Å². The third-order valence-electron chi connectivity index (χ3n) is 3.07. The van der Waals surface area contributed by atoms with Crippen LogP contribution >= 0.6 is 0 Å². The number of rotatable bonds is 6. The molecule has 21 heavy (non-hydrogen) atoms. The summed E-state index contributed by atoms with van der Waals surface area (Å²) >= 11 is 0. The van der Waals surface area contributed by atoms with E-state index in [9.17, 15) is 0 Å². The lowest BCUT2D eigenvalue weighted by atomic mass is 10.1. The van der Waals surface area contributed by atoms with E-state index in [4.69, 9.17) is 4.74 Å². The first-order valence-corrected chi connectivity index (χ1v) is 6.77. The summed E-state index contributed by atoms with van der Waals surface area (Å²) in [6.45, 7) is 0.580. The Labute approximate surface area is 121 Å². The van der Waals surface area contributed by atoms with Crippen LogP contribution in [-0.4, -0.2) is 38.6 Å². The lowest BCUT2D eigenvalue weighted by Gasteiger charge is -2.07. The van der Waals surface area contributed by atoms with Crippen LogP contribution in [0.5, 0.6) is 5.88 Å². The van der Waals surface area contributed by atoms with Crippen molar-refractivity contribution in [3.8, 4) is 5.88 Å². The number of H-pyrrole nitrogens is 1. The first kappa shape index (κ1) is 13.3. The van der Waals surface area contributed by atoms with Crippen LogP contribution in [0.2, 0.25) is 0 Å². The van der Waals surface area contributed by atoms with Crippen LogP contribution in [0.1, 0.15) is 12.0 Å². The van der Waals surface area contributed by atoms with E-state index in [1.807, 2.05) is 12.1 Å². The summed E-state index contributed by atoms with van der Waals surface area (Å²) in [5.41, 5.74) is 2.57. The van der Waals surface area contributed by atoms with Crippen LogP contribution < -0.4 is 10.1 Å². The van der Waals surface area contributed by atoms with Crippen molar-refractivity contribution < 1.29 is 4.74 Å². The van der Waals surface area contributed by atoms with Crippen molar-refractivity contribution in [3.63, 3.8) is 0 Å². The number of fused-ring (bicyclic) bond motifs is 1. The average molecular weight is 284 g/mol. The summed E-state index contributed by atoms with van der Waals surface area (Å²) in [6, 6.07) is 4.02. The summed E-state index contributed by atoms with van der Waals surface area (Å²) in [4.78, 5) is 19.7. The maximum absolute atomic E-state index is 5.76. The summed E-state index contributed by atoms with van der Waals surface area (Å²) in [7, 11) is 1.76. The van der Waals surface area contributed by atoms with E-state index in [1.54, 1.807) is 25.8 Å². The highest BCUT2D eigenvalue weighted by Gasteiger charge is 2.10. The first-order valence-electron chi connectivity index (χ1n) is 6.77. The minimum absolute atomic E-state index is 0.499. The fourth-order valence-corrected chi connectivity index (χ4v) is 2.02. The van der Waals surface area contributed by atoms with Crippen molar-refractivity contribution in [2.45, 2.75) is 12.8 Å². The van der Waals surface area contributed by atoms with E-state index in [0.29, 0.717) is 24.1 Å². The highest BCUT2D eigenvalue weighted by atomic mass is 16.5. The van der Waals surface area contributed by atoms with Gasteiger partial charge in [0.1, 0.15) is 5.52 Å². The van der Waals surface area contributed by atoms with E-state index >= 15 is 0 Å². The fourth-order valence-electron chi connectivity index (χ4n) is 2.02. The second-order valence-electron chi connectivity index (χ2n) is 4.51. The van der Waals surface area contributed by atoms with Gasteiger partial charge in [-0.15, -0.1) is 0 Å². The molecule has 3 heterocycles. The standard InChI is InChI=1S/C14H16N6O/c1-15-14-19-12-11(17-9-18-12)13(20-14)21-8-2-3-10-4-6-16-7-5-10/h4-7,9H,2-3,8H2,1H3,(H2,15,17,18,19,20). The highest BCUT2D eigenvalue weighted by molar-refractivity contribution is 5.76. The van der Waals surface area contributed by atoms with Crippen LogP contribution in [-0.2, 0) is 6.42 Å². The molecule has 0 unspecified atom stereocenters. The fraction of sp³-hybridized carbons (Fsp3) is 0.286. The minimum Gasteiger partial charge on any atom is -0.476 e. The Morgan fingerprint density at radius 3 is 2.90 bits per heavy atom. The van der Waals surface area contributed by atoms with Crippen LogP contribution in [0.3, 0.4) is 0 Å². The number of aromatic amines is 1. The van der Waals surface area contributed by atoms with Gasteiger partial charge in [-0.1, -0.05) is 0 Å². The molecule has 2 N–H and O–H groups in total. The molecule has 0 amide bonds. The van der Waals surface area contributed by atoms with Gasteiger partial charge in [0, 0.05) is 19.4 Å². The minimum atomic E-state index is 0.499. The molecule has 0 atom stereocenters. The monoisotopic (exact) mass is 284 g/mol. The molecule has 7 nitrogen and oxygen atoms in total. The molecule has 0 aliphatic heterocycles. The number of aromatic nitrogens is 5. The third-order valence-corrected chi connectivity index (χ3v) is 3.07. The van der Waals surface area contributed by atoms with E-state index in [1.165, 1.54) is 5.56 Å². The summed E-state index contributed by atoms with van der Waals surface area (Å²) in [5.74, 6) is 1.02. The second-order valence-corrected chi connectivity index (χ2v) is 4.51. The van der Waals surface area contributed by atoms with E-state index in [-0.39, 0.29) is 0 Å². The Balaban J connectivity index is 1.63. The van der Waals surface area contributed by atoms with Gasteiger partial charge in [0.2, 0.25) is 11.8 Å². The molecule has 0 aromatic carbocycles. The maximum atomic E-state index is 5.76. The summed E-state index contributed by atoms with van der Waals surface area (Å²) in [6.07, 6.45) is 7.03. The molecule has 0 fully saturated rings. The molecule has 3 rings (SSSR count). The maximum Gasteiger partial charge on any atom is 0.245 e. The van der Waals surface area contributed by atoms with Gasteiger partial charge in [0.15, 0.2) is 5.65 Å². The smallest absolute Gasteiger partial charge is 0.245 e. The summed E-state index contributed by atoms with van der Waals surface area (Å²) in [5, 5.41) is 2.90. The molecule has 0 spiro atoms. The number of aryl methyl sites for hydroxylation is 1. The molecule has 0 aliphatic carbocycles. The molecule has 0 radical (unpaired) electrons. The van der Waals surface area contributed by atoms with E-state index in [0.717, 1.165) is 18.4 Å². The summed E-state index contributed by atoms with van der Waals surface area (Å²) < 4.78 is 5.76. The van der Waals surface area contributed by atoms with E-state index < -0.39 is 0 Å². The lowest BCUT2D eigenvalue weighted by Crippen LogP contribution is -2.04. The molecule has 108 valence electrons. The van der Waals surface area contributed by atoms with Gasteiger partial charge >= 0.3 is 0 Å². The molecule has 0 aliphatic rings. The highest BCUT2D eigenvalue weighted by Crippen LogP contribution is 2.20. The molecule has 0 saturated heterocycles. The predicted octanol–water partition coefficient (Wildman–Crippen LogP) is 1.80. The largest absolute Gasteiger partial charge is 0.476 e. The number of nitrogens with zero attached hydrogens (tertiary/aromatic N) is 4. The van der Waals surface area contributed by atoms with Crippen LogP contribution in [0.25, 0.3) is 11.2 Å². The normalized spacial score (nSPS) is 10.7.